The number of rotatable bonds is 18. The maximum atomic E-state index is 12.2. The molecule has 11 nitrogen and oxygen atoms in total. The van der Waals surface area contributed by atoms with Gasteiger partial charge in [0.1, 0.15) is 0 Å². The molecule has 0 aliphatic rings. The van der Waals surface area contributed by atoms with Crippen molar-refractivity contribution in [3.8, 4) is 0 Å². The van der Waals surface area contributed by atoms with E-state index in [9.17, 15) is 32.1 Å². The molecule has 0 radical (unpaired) electrons. The van der Waals surface area contributed by atoms with Gasteiger partial charge in [-0.25, -0.2) is 0 Å². The van der Waals surface area contributed by atoms with E-state index in [1.165, 1.54) is 0 Å². The van der Waals surface area contributed by atoms with E-state index in [2.05, 4.69) is 39.1 Å². The van der Waals surface area contributed by atoms with Crippen LogP contribution in [-0.4, -0.2) is 107 Å². The van der Waals surface area contributed by atoms with Crippen molar-refractivity contribution in [1.29, 1.82) is 0 Å². The van der Waals surface area contributed by atoms with Gasteiger partial charge in [0.2, 0.25) is 0 Å². The van der Waals surface area contributed by atoms with Crippen LogP contribution in [0.25, 0.3) is 0 Å². The summed E-state index contributed by atoms with van der Waals surface area (Å²) >= 11 is 6.83. The van der Waals surface area contributed by atoms with Crippen LogP contribution in [-0.2, 0) is 38.8 Å². The quantitative estimate of drug-likeness (QED) is 0.0647. The molecule has 0 saturated heterocycles. The molecule has 0 fully saturated rings. The third kappa shape index (κ3) is 30.3. The summed E-state index contributed by atoms with van der Waals surface area (Å²) in [5, 5.41) is 13.3. The van der Waals surface area contributed by atoms with Gasteiger partial charge in [-0.15, -0.1) is 0 Å². The van der Waals surface area contributed by atoms with Crippen LogP contribution in [0.1, 0.15) is 85.5 Å². The molecule has 0 spiro atoms. The molecule has 0 aliphatic carbocycles. The molecule has 228 valence electrons. The SMILES string of the molecule is CCCCC(CC)COC(=O)CC(C(=O)OCC(CC)CCCC)S(=O)(=O)O.O=C(O)CS.O=C(O)CS.[NaH]. The number of carbonyl (C=O) groups excluding carboxylic acids is 2. The monoisotopic (exact) mass is 630 g/mol. The maximum absolute atomic E-state index is 12.2. The summed E-state index contributed by atoms with van der Waals surface area (Å²) in [6.07, 6.45) is 6.74. The van der Waals surface area contributed by atoms with Gasteiger partial charge in [0.25, 0.3) is 10.1 Å². The van der Waals surface area contributed by atoms with Crippen LogP contribution in [0.2, 0.25) is 0 Å². The topological polar surface area (TPSA) is 182 Å². The number of esters is 2. The van der Waals surface area contributed by atoms with Gasteiger partial charge >= 0.3 is 53.4 Å². The Bertz CT molecular complexity index is 750. The van der Waals surface area contributed by atoms with Crippen LogP contribution < -0.4 is 0 Å². The van der Waals surface area contributed by atoms with E-state index in [1.807, 2.05) is 13.8 Å². The standard InChI is InChI=1S/C20H38O7S.2C2H4O2S.Na.H/c1-5-9-11-16(7-3)14-26-19(21)13-18(28(23,24)25)20(22)27-15-17(8-4)12-10-6-2;2*3-2(4)1-5;;/h16-18H,5-15H2,1-4H3,(H,23,24,25);2*5H,1H2,(H,3,4);;. The predicted octanol–water partition coefficient (Wildman–Crippen LogP) is 3.51. The zero-order valence-electron chi connectivity index (χ0n) is 22.8. The van der Waals surface area contributed by atoms with Crippen molar-refractivity contribution < 1.29 is 51.8 Å². The first-order valence-electron chi connectivity index (χ1n) is 12.7. The molecule has 3 unspecified atom stereocenters. The summed E-state index contributed by atoms with van der Waals surface area (Å²) in [7, 11) is -4.76. The fraction of sp³-hybridized carbons (Fsp3) is 0.833. The van der Waals surface area contributed by atoms with E-state index < -0.39 is 45.7 Å². The molecular formula is C24H47NaO11S3. The van der Waals surface area contributed by atoms with Gasteiger partial charge in [-0.05, 0) is 24.7 Å². The first kappa shape index (κ1) is 45.5. The summed E-state index contributed by atoms with van der Waals surface area (Å²) in [4.78, 5) is 42.8. The van der Waals surface area contributed by atoms with Crippen LogP contribution in [0.15, 0.2) is 0 Å². The number of thiol groups is 2. The molecule has 0 saturated carbocycles. The van der Waals surface area contributed by atoms with Crippen LogP contribution in [0.3, 0.4) is 0 Å². The van der Waals surface area contributed by atoms with E-state index >= 15 is 0 Å². The summed E-state index contributed by atoms with van der Waals surface area (Å²) in [6, 6.07) is 0. The number of carboxylic acid groups (broad SMARTS) is 2. The Morgan fingerprint density at radius 2 is 1.13 bits per heavy atom. The Morgan fingerprint density at radius 3 is 1.41 bits per heavy atom. The molecule has 0 rings (SSSR count). The average molecular weight is 631 g/mol. The summed E-state index contributed by atoms with van der Waals surface area (Å²) < 4.78 is 42.8. The Morgan fingerprint density at radius 1 is 0.769 bits per heavy atom. The molecular weight excluding hydrogens is 583 g/mol. The normalized spacial score (nSPS) is 12.6. The molecule has 0 aromatic rings. The molecule has 0 aromatic heterocycles. The van der Waals surface area contributed by atoms with Crippen molar-refractivity contribution in [3.05, 3.63) is 0 Å². The number of aliphatic carboxylic acids is 2. The molecule has 0 amide bonds. The Balaban J connectivity index is -0.000000471. The van der Waals surface area contributed by atoms with Gasteiger partial charge < -0.3 is 19.7 Å². The fourth-order valence-electron chi connectivity index (χ4n) is 2.82. The van der Waals surface area contributed by atoms with Gasteiger partial charge in [-0.2, -0.15) is 33.7 Å². The van der Waals surface area contributed by atoms with E-state index in [4.69, 9.17) is 19.7 Å². The number of hydrogen-bond acceptors (Lipinski definition) is 10. The van der Waals surface area contributed by atoms with Gasteiger partial charge in [0.15, 0.2) is 5.25 Å². The average Bonchev–Trinajstić information content (AvgIpc) is 2.87. The van der Waals surface area contributed by atoms with Crippen molar-refractivity contribution in [2.45, 2.75) is 90.7 Å². The minimum atomic E-state index is -4.76. The first-order valence-corrected chi connectivity index (χ1v) is 15.4. The second-order valence-electron chi connectivity index (χ2n) is 8.46. The zero-order valence-corrected chi connectivity index (χ0v) is 25.4. The summed E-state index contributed by atoms with van der Waals surface area (Å²) in [5.74, 6) is -3.53. The van der Waals surface area contributed by atoms with Crippen LogP contribution >= 0.6 is 25.3 Å². The van der Waals surface area contributed by atoms with Gasteiger partial charge in [0, 0.05) is 0 Å². The Hall–Kier alpha value is -0.510. The predicted molar refractivity (Wildman–Crippen MR) is 159 cm³/mol. The second kappa shape index (κ2) is 29.0. The summed E-state index contributed by atoms with van der Waals surface area (Å²) in [6.45, 7) is 8.35. The van der Waals surface area contributed by atoms with Crippen molar-refractivity contribution in [2.24, 2.45) is 11.8 Å². The minimum absolute atomic E-state index is 0. The third-order valence-electron chi connectivity index (χ3n) is 5.27. The van der Waals surface area contributed by atoms with E-state index in [0.29, 0.717) is 0 Å². The van der Waals surface area contributed by atoms with E-state index in [-0.39, 0.29) is 66.1 Å². The van der Waals surface area contributed by atoms with Crippen molar-refractivity contribution >= 4 is 88.8 Å². The number of ether oxygens (including phenoxy) is 2. The fourth-order valence-corrected chi connectivity index (χ4v) is 3.48. The third-order valence-corrected chi connectivity index (χ3v) is 6.89. The molecule has 0 heterocycles. The van der Waals surface area contributed by atoms with Gasteiger partial charge in [-0.1, -0.05) is 66.2 Å². The van der Waals surface area contributed by atoms with Crippen LogP contribution in [0, 0.1) is 11.8 Å². The molecule has 3 atom stereocenters. The number of carbonyl (C=O) groups is 4. The van der Waals surface area contributed by atoms with Crippen molar-refractivity contribution in [1.82, 2.24) is 0 Å². The van der Waals surface area contributed by atoms with E-state index in [0.717, 1.165) is 51.4 Å². The van der Waals surface area contributed by atoms with Crippen LogP contribution in [0.4, 0.5) is 0 Å². The molecule has 39 heavy (non-hydrogen) atoms. The van der Waals surface area contributed by atoms with Gasteiger partial charge in [0.05, 0.1) is 31.1 Å². The number of unbranched alkanes of at least 4 members (excludes halogenated alkanes) is 2. The molecule has 0 aliphatic heterocycles. The zero-order chi connectivity index (χ0) is 30.1. The molecule has 15 heteroatoms. The Labute approximate surface area is 266 Å². The second-order valence-corrected chi connectivity index (χ2v) is 10.7. The summed E-state index contributed by atoms with van der Waals surface area (Å²) in [5.41, 5.74) is 0. The molecule has 0 bridgehead atoms. The van der Waals surface area contributed by atoms with Crippen molar-refractivity contribution in [3.63, 3.8) is 0 Å². The number of hydrogen-bond donors (Lipinski definition) is 5. The molecule has 0 aromatic carbocycles. The van der Waals surface area contributed by atoms with Crippen molar-refractivity contribution in [2.75, 3.05) is 24.7 Å². The molecule has 3 N–H and O–H groups in total. The first-order chi connectivity index (χ1) is 17.7. The Kier molecular flexibility index (Phi) is 33.8. The van der Waals surface area contributed by atoms with Gasteiger partial charge in [-0.3, -0.25) is 23.7 Å². The van der Waals surface area contributed by atoms with Crippen LogP contribution in [0.5, 0.6) is 0 Å². The number of carboxylic acids is 2. The van der Waals surface area contributed by atoms with E-state index in [1.54, 1.807) is 0 Å².